The molecular formula is C15H24BrNO. The number of hydrogen-bond acceptors (Lipinski definition) is 2. The highest BCUT2D eigenvalue weighted by Gasteiger charge is 2.14. The normalized spacial score (nSPS) is 11.2. The predicted octanol–water partition coefficient (Wildman–Crippen LogP) is 4.08. The van der Waals surface area contributed by atoms with E-state index in [4.69, 9.17) is 4.74 Å². The SMILES string of the molecule is CCC(CC)N(CCBr)Cc1ccc(OC)cc1. The van der Waals surface area contributed by atoms with Gasteiger partial charge in [-0.15, -0.1) is 0 Å². The first-order valence-electron chi connectivity index (χ1n) is 6.68. The molecule has 0 unspecified atom stereocenters. The second-order valence-corrected chi connectivity index (χ2v) is 5.27. The smallest absolute Gasteiger partial charge is 0.118 e. The van der Waals surface area contributed by atoms with Gasteiger partial charge in [-0.05, 0) is 30.5 Å². The summed E-state index contributed by atoms with van der Waals surface area (Å²) in [6.45, 7) is 6.65. The van der Waals surface area contributed by atoms with Gasteiger partial charge in [0.2, 0.25) is 0 Å². The van der Waals surface area contributed by atoms with Crippen LogP contribution in [0, 0.1) is 0 Å². The fraction of sp³-hybridized carbons (Fsp3) is 0.600. The lowest BCUT2D eigenvalue weighted by molar-refractivity contribution is 0.189. The van der Waals surface area contributed by atoms with E-state index in [-0.39, 0.29) is 0 Å². The van der Waals surface area contributed by atoms with Crippen molar-refractivity contribution < 1.29 is 4.74 Å². The zero-order valence-electron chi connectivity index (χ0n) is 11.7. The predicted molar refractivity (Wildman–Crippen MR) is 81.6 cm³/mol. The van der Waals surface area contributed by atoms with Gasteiger partial charge in [-0.25, -0.2) is 0 Å². The van der Waals surface area contributed by atoms with Gasteiger partial charge in [0.25, 0.3) is 0 Å². The molecule has 1 rings (SSSR count). The molecule has 2 nitrogen and oxygen atoms in total. The lowest BCUT2D eigenvalue weighted by atomic mass is 10.1. The summed E-state index contributed by atoms with van der Waals surface area (Å²) in [5, 5.41) is 1.03. The number of benzene rings is 1. The van der Waals surface area contributed by atoms with Crippen LogP contribution < -0.4 is 4.74 Å². The Balaban J connectivity index is 2.69. The van der Waals surface area contributed by atoms with Crippen molar-refractivity contribution in [1.82, 2.24) is 4.90 Å². The number of methoxy groups -OCH3 is 1. The first-order chi connectivity index (χ1) is 8.74. The molecule has 0 aliphatic carbocycles. The van der Waals surface area contributed by atoms with Gasteiger partial charge in [0.1, 0.15) is 5.75 Å². The van der Waals surface area contributed by atoms with Crippen molar-refractivity contribution in [1.29, 1.82) is 0 Å². The standard InChI is InChI=1S/C15H24BrNO/c1-4-14(5-2)17(11-10-16)12-13-6-8-15(18-3)9-7-13/h6-9,14H,4-5,10-12H2,1-3H3. The van der Waals surface area contributed by atoms with E-state index in [1.54, 1.807) is 7.11 Å². The van der Waals surface area contributed by atoms with Gasteiger partial charge in [0.05, 0.1) is 7.11 Å². The van der Waals surface area contributed by atoms with Crippen molar-refractivity contribution in [3.05, 3.63) is 29.8 Å². The van der Waals surface area contributed by atoms with Crippen molar-refractivity contribution in [2.45, 2.75) is 39.3 Å². The molecule has 1 aromatic carbocycles. The number of ether oxygens (including phenoxy) is 1. The molecule has 0 aliphatic rings. The highest BCUT2D eigenvalue weighted by molar-refractivity contribution is 9.09. The first-order valence-corrected chi connectivity index (χ1v) is 7.80. The zero-order valence-corrected chi connectivity index (χ0v) is 13.2. The number of nitrogens with zero attached hydrogens (tertiary/aromatic N) is 1. The van der Waals surface area contributed by atoms with Crippen LogP contribution in [0.25, 0.3) is 0 Å². The van der Waals surface area contributed by atoms with E-state index in [0.29, 0.717) is 6.04 Å². The van der Waals surface area contributed by atoms with Crippen molar-refractivity contribution in [3.63, 3.8) is 0 Å². The molecule has 0 atom stereocenters. The van der Waals surface area contributed by atoms with Crippen LogP contribution in [0.15, 0.2) is 24.3 Å². The summed E-state index contributed by atoms with van der Waals surface area (Å²) in [6, 6.07) is 9.05. The van der Waals surface area contributed by atoms with Crippen LogP contribution in [0.5, 0.6) is 5.75 Å². The van der Waals surface area contributed by atoms with Crippen LogP contribution in [0.2, 0.25) is 0 Å². The van der Waals surface area contributed by atoms with E-state index >= 15 is 0 Å². The van der Waals surface area contributed by atoms with Crippen LogP contribution in [0.1, 0.15) is 32.3 Å². The third kappa shape index (κ3) is 4.62. The molecule has 0 amide bonds. The van der Waals surface area contributed by atoms with Gasteiger partial charge in [0.15, 0.2) is 0 Å². The number of hydrogen-bond donors (Lipinski definition) is 0. The topological polar surface area (TPSA) is 12.5 Å². The molecule has 0 saturated heterocycles. The molecule has 0 radical (unpaired) electrons. The molecule has 0 N–H and O–H groups in total. The Morgan fingerprint density at radius 3 is 2.22 bits per heavy atom. The van der Waals surface area contributed by atoms with Gasteiger partial charge < -0.3 is 4.74 Å². The number of alkyl halides is 1. The highest BCUT2D eigenvalue weighted by atomic mass is 79.9. The Morgan fingerprint density at radius 2 is 1.78 bits per heavy atom. The van der Waals surface area contributed by atoms with Gasteiger partial charge in [0, 0.05) is 24.5 Å². The molecule has 102 valence electrons. The molecule has 3 heteroatoms. The maximum Gasteiger partial charge on any atom is 0.118 e. The van der Waals surface area contributed by atoms with Gasteiger partial charge in [-0.3, -0.25) is 4.90 Å². The van der Waals surface area contributed by atoms with Crippen LogP contribution in [-0.4, -0.2) is 29.9 Å². The fourth-order valence-electron chi connectivity index (χ4n) is 2.27. The fourth-order valence-corrected chi connectivity index (χ4v) is 2.73. The first kappa shape index (κ1) is 15.5. The second kappa shape index (κ2) is 8.54. The van der Waals surface area contributed by atoms with Crippen LogP contribution >= 0.6 is 15.9 Å². The minimum atomic E-state index is 0.671. The summed E-state index contributed by atoms with van der Waals surface area (Å²) in [7, 11) is 1.70. The van der Waals surface area contributed by atoms with Crippen LogP contribution in [-0.2, 0) is 6.54 Å². The number of rotatable bonds is 8. The molecule has 1 aromatic rings. The minimum Gasteiger partial charge on any atom is -0.497 e. The summed E-state index contributed by atoms with van der Waals surface area (Å²) in [4.78, 5) is 2.55. The van der Waals surface area contributed by atoms with E-state index in [2.05, 4.69) is 46.8 Å². The van der Waals surface area contributed by atoms with Gasteiger partial charge in [-0.1, -0.05) is 41.9 Å². The lowest BCUT2D eigenvalue weighted by Crippen LogP contribution is -2.35. The van der Waals surface area contributed by atoms with Crippen molar-refractivity contribution in [3.8, 4) is 5.75 Å². The summed E-state index contributed by atoms with van der Waals surface area (Å²) >= 11 is 3.55. The second-order valence-electron chi connectivity index (χ2n) is 4.48. The molecule has 0 spiro atoms. The molecule has 18 heavy (non-hydrogen) atoms. The van der Waals surface area contributed by atoms with E-state index in [9.17, 15) is 0 Å². The van der Waals surface area contributed by atoms with Crippen molar-refractivity contribution >= 4 is 15.9 Å². The Morgan fingerprint density at radius 1 is 1.17 bits per heavy atom. The van der Waals surface area contributed by atoms with E-state index < -0.39 is 0 Å². The van der Waals surface area contributed by atoms with Crippen molar-refractivity contribution in [2.24, 2.45) is 0 Å². The van der Waals surface area contributed by atoms with E-state index in [1.165, 1.54) is 18.4 Å². The Kier molecular flexibility index (Phi) is 7.36. The third-order valence-corrected chi connectivity index (χ3v) is 3.73. The summed E-state index contributed by atoms with van der Waals surface area (Å²) < 4.78 is 5.19. The summed E-state index contributed by atoms with van der Waals surface area (Å²) in [6.07, 6.45) is 2.42. The largest absolute Gasteiger partial charge is 0.497 e. The Hall–Kier alpha value is -0.540. The summed E-state index contributed by atoms with van der Waals surface area (Å²) in [5.74, 6) is 0.924. The van der Waals surface area contributed by atoms with Crippen LogP contribution in [0.4, 0.5) is 0 Å². The monoisotopic (exact) mass is 313 g/mol. The Bertz CT molecular complexity index is 322. The molecular weight excluding hydrogens is 290 g/mol. The van der Waals surface area contributed by atoms with E-state index in [1.807, 2.05) is 12.1 Å². The number of halogens is 1. The van der Waals surface area contributed by atoms with Crippen LogP contribution in [0.3, 0.4) is 0 Å². The molecule has 0 aromatic heterocycles. The molecule has 0 saturated carbocycles. The zero-order chi connectivity index (χ0) is 13.4. The average molecular weight is 314 g/mol. The highest BCUT2D eigenvalue weighted by Crippen LogP contribution is 2.16. The minimum absolute atomic E-state index is 0.671. The van der Waals surface area contributed by atoms with Gasteiger partial charge >= 0.3 is 0 Å². The maximum atomic E-state index is 5.19. The van der Waals surface area contributed by atoms with Crippen molar-refractivity contribution in [2.75, 3.05) is 19.0 Å². The molecule has 0 heterocycles. The molecule has 0 bridgehead atoms. The average Bonchev–Trinajstić information content (AvgIpc) is 2.41. The third-order valence-electron chi connectivity index (χ3n) is 3.38. The molecule has 0 aliphatic heterocycles. The van der Waals surface area contributed by atoms with E-state index in [0.717, 1.165) is 24.2 Å². The summed E-state index contributed by atoms with van der Waals surface area (Å²) in [5.41, 5.74) is 1.35. The lowest BCUT2D eigenvalue weighted by Gasteiger charge is -2.30. The van der Waals surface area contributed by atoms with Gasteiger partial charge in [-0.2, -0.15) is 0 Å². The Labute approximate surface area is 119 Å². The maximum absolute atomic E-state index is 5.19. The molecule has 0 fully saturated rings. The quantitative estimate of drug-likeness (QED) is 0.670.